The number of nitrogens with zero attached hydrogens (tertiary/aromatic N) is 4. The molecule has 0 N–H and O–H groups in total. The molecule has 31 heavy (non-hydrogen) atoms. The number of imidazole rings is 2. The first-order chi connectivity index (χ1) is 15.1. The molecule has 0 radical (unpaired) electrons. The van der Waals surface area contributed by atoms with Gasteiger partial charge in [-0.2, -0.15) is 0 Å². The molecule has 0 atom stereocenters. The highest BCUT2D eigenvalue weighted by atomic mass is 16.5. The van der Waals surface area contributed by atoms with Gasteiger partial charge in [0.15, 0.2) is 0 Å². The molecule has 6 nitrogen and oxygen atoms in total. The Balaban J connectivity index is 1.50. The summed E-state index contributed by atoms with van der Waals surface area (Å²) in [5, 5.41) is 0. The average Bonchev–Trinajstić information content (AvgIpc) is 3.51. The van der Waals surface area contributed by atoms with Gasteiger partial charge < -0.3 is 9.30 Å². The summed E-state index contributed by atoms with van der Waals surface area (Å²) in [6, 6.07) is 14.5. The third-order valence-corrected chi connectivity index (χ3v) is 6.11. The highest BCUT2D eigenvalue weighted by molar-refractivity contribution is 5.76. The maximum atomic E-state index is 12.3. The van der Waals surface area contributed by atoms with Crippen molar-refractivity contribution in [2.24, 2.45) is 14.1 Å². The quantitative estimate of drug-likeness (QED) is 0.447. The minimum Gasteiger partial charge on any atom is -0.494 e. The molecule has 4 aromatic rings. The van der Waals surface area contributed by atoms with E-state index in [1.165, 1.54) is 24.1 Å². The minimum atomic E-state index is 0.000843. The topological polar surface area (TPSA) is 54.0 Å². The van der Waals surface area contributed by atoms with Crippen LogP contribution in [-0.4, -0.2) is 25.3 Å². The standard InChI is InChI=1S/C25H28N4O2/c1-4-12-31-20-7-5-6-19(14-20)23-24(18-9-10-18)29(16-26-23)15-17-8-11-21-22(13-17)28(3)25(30)27(21)2/h5-8,11,13-14,16,18H,4,9-10,12,15H2,1-3H3. The molecule has 0 unspecified atom stereocenters. The van der Waals surface area contributed by atoms with Crippen LogP contribution in [0.5, 0.6) is 5.75 Å². The van der Waals surface area contributed by atoms with Gasteiger partial charge in [0.2, 0.25) is 0 Å². The molecule has 5 rings (SSSR count). The van der Waals surface area contributed by atoms with Gasteiger partial charge in [0.05, 0.1) is 29.7 Å². The molecular weight excluding hydrogens is 388 g/mol. The molecule has 2 aromatic carbocycles. The number of hydrogen-bond acceptors (Lipinski definition) is 3. The van der Waals surface area contributed by atoms with Gasteiger partial charge in [0, 0.05) is 37.8 Å². The molecule has 2 aromatic heterocycles. The first kappa shape index (κ1) is 19.7. The number of aryl methyl sites for hydroxylation is 2. The second kappa shape index (κ2) is 7.76. The lowest BCUT2D eigenvalue weighted by Crippen LogP contribution is -2.19. The van der Waals surface area contributed by atoms with Crippen molar-refractivity contribution in [3.8, 4) is 17.0 Å². The zero-order valence-corrected chi connectivity index (χ0v) is 18.3. The summed E-state index contributed by atoms with van der Waals surface area (Å²) < 4.78 is 11.5. The maximum absolute atomic E-state index is 12.3. The molecule has 6 heteroatoms. The molecule has 0 bridgehead atoms. The molecule has 1 aliphatic carbocycles. The Hall–Kier alpha value is -3.28. The summed E-state index contributed by atoms with van der Waals surface area (Å²) in [6.07, 6.45) is 5.36. The fraction of sp³-hybridized carbons (Fsp3) is 0.360. The first-order valence-corrected chi connectivity index (χ1v) is 11.0. The van der Waals surface area contributed by atoms with Gasteiger partial charge in [-0.25, -0.2) is 9.78 Å². The van der Waals surface area contributed by atoms with Crippen molar-refractivity contribution < 1.29 is 4.74 Å². The molecular formula is C25H28N4O2. The summed E-state index contributed by atoms with van der Waals surface area (Å²) in [5.41, 5.74) is 6.54. The normalized spacial score (nSPS) is 13.8. The molecule has 0 aliphatic heterocycles. The van der Waals surface area contributed by atoms with Crippen molar-refractivity contribution in [3.63, 3.8) is 0 Å². The highest BCUT2D eigenvalue weighted by Gasteiger charge is 2.31. The Labute approximate surface area is 181 Å². The van der Waals surface area contributed by atoms with E-state index >= 15 is 0 Å². The Morgan fingerprint density at radius 3 is 2.65 bits per heavy atom. The van der Waals surface area contributed by atoms with Crippen molar-refractivity contribution in [3.05, 3.63) is 70.5 Å². The lowest BCUT2D eigenvalue weighted by Gasteiger charge is -2.11. The van der Waals surface area contributed by atoms with Crippen LogP contribution < -0.4 is 10.4 Å². The maximum Gasteiger partial charge on any atom is 0.328 e. The van der Waals surface area contributed by atoms with Crippen molar-refractivity contribution >= 4 is 11.0 Å². The average molecular weight is 417 g/mol. The van der Waals surface area contributed by atoms with Crippen LogP contribution in [0.2, 0.25) is 0 Å². The molecule has 1 fully saturated rings. The Kier molecular flexibility index (Phi) is 4.93. The van der Waals surface area contributed by atoms with Crippen LogP contribution in [0.1, 0.15) is 43.4 Å². The number of hydrogen-bond donors (Lipinski definition) is 0. The fourth-order valence-corrected chi connectivity index (χ4v) is 4.33. The van der Waals surface area contributed by atoms with E-state index in [1.54, 1.807) is 9.13 Å². The van der Waals surface area contributed by atoms with Crippen LogP contribution in [0.25, 0.3) is 22.3 Å². The predicted octanol–water partition coefficient (Wildman–Crippen LogP) is 4.46. The van der Waals surface area contributed by atoms with E-state index in [0.29, 0.717) is 5.92 Å². The molecule has 0 spiro atoms. The fourth-order valence-electron chi connectivity index (χ4n) is 4.33. The van der Waals surface area contributed by atoms with Gasteiger partial charge in [0.25, 0.3) is 0 Å². The van der Waals surface area contributed by atoms with Crippen molar-refractivity contribution in [1.82, 2.24) is 18.7 Å². The van der Waals surface area contributed by atoms with Gasteiger partial charge in [-0.05, 0) is 49.1 Å². The predicted molar refractivity (Wildman–Crippen MR) is 123 cm³/mol. The Morgan fingerprint density at radius 1 is 1.06 bits per heavy atom. The van der Waals surface area contributed by atoms with E-state index in [4.69, 9.17) is 9.72 Å². The number of rotatable bonds is 7. The molecule has 2 heterocycles. The Bertz CT molecular complexity index is 1310. The van der Waals surface area contributed by atoms with Crippen LogP contribution in [0, 0.1) is 0 Å². The lowest BCUT2D eigenvalue weighted by molar-refractivity contribution is 0.317. The van der Waals surface area contributed by atoms with Gasteiger partial charge in [-0.15, -0.1) is 0 Å². The summed E-state index contributed by atoms with van der Waals surface area (Å²) in [6.45, 7) is 3.57. The van der Waals surface area contributed by atoms with Gasteiger partial charge in [-0.3, -0.25) is 9.13 Å². The van der Waals surface area contributed by atoms with E-state index in [1.807, 2.05) is 38.6 Å². The second-order valence-electron chi connectivity index (χ2n) is 8.48. The summed E-state index contributed by atoms with van der Waals surface area (Å²) in [4.78, 5) is 17.1. The van der Waals surface area contributed by atoms with Crippen LogP contribution in [0.4, 0.5) is 0 Å². The zero-order valence-electron chi connectivity index (χ0n) is 18.3. The third kappa shape index (κ3) is 3.56. The largest absolute Gasteiger partial charge is 0.494 e. The third-order valence-electron chi connectivity index (χ3n) is 6.11. The van der Waals surface area contributed by atoms with E-state index in [-0.39, 0.29) is 5.69 Å². The summed E-state index contributed by atoms with van der Waals surface area (Å²) in [7, 11) is 3.64. The summed E-state index contributed by atoms with van der Waals surface area (Å²) in [5.74, 6) is 1.45. The molecule has 160 valence electrons. The van der Waals surface area contributed by atoms with E-state index in [2.05, 4.69) is 35.8 Å². The molecule has 1 aliphatic rings. The van der Waals surface area contributed by atoms with Crippen molar-refractivity contribution in [2.45, 2.75) is 38.6 Å². The van der Waals surface area contributed by atoms with E-state index in [0.717, 1.165) is 47.6 Å². The van der Waals surface area contributed by atoms with E-state index in [9.17, 15) is 4.79 Å². The number of ether oxygens (including phenoxy) is 1. The first-order valence-electron chi connectivity index (χ1n) is 11.0. The molecule has 0 saturated heterocycles. The highest BCUT2D eigenvalue weighted by Crippen LogP contribution is 2.44. The van der Waals surface area contributed by atoms with Crippen molar-refractivity contribution in [2.75, 3.05) is 6.61 Å². The number of benzene rings is 2. The van der Waals surface area contributed by atoms with Crippen LogP contribution >= 0.6 is 0 Å². The Morgan fingerprint density at radius 2 is 1.87 bits per heavy atom. The van der Waals surface area contributed by atoms with Gasteiger partial charge in [0.1, 0.15) is 5.75 Å². The van der Waals surface area contributed by atoms with Crippen LogP contribution in [0.3, 0.4) is 0 Å². The molecule has 1 saturated carbocycles. The summed E-state index contributed by atoms with van der Waals surface area (Å²) >= 11 is 0. The van der Waals surface area contributed by atoms with Crippen LogP contribution in [0.15, 0.2) is 53.6 Å². The minimum absolute atomic E-state index is 0.000843. The second-order valence-corrected chi connectivity index (χ2v) is 8.48. The SMILES string of the molecule is CCCOc1cccc(-c2ncn(Cc3ccc4c(c3)n(C)c(=O)n4C)c2C2CC2)c1. The van der Waals surface area contributed by atoms with E-state index < -0.39 is 0 Å². The number of fused-ring (bicyclic) bond motifs is 1. The lowest BCUT2D eigenvalue weighted by atomic mass is 10.1. The molecule has 0 amide bonds. The number of aromatic nitrogens is 4. The smallest absolute Gasteiger partial charge is 0.328 e. The monoisotopic (exact) mass is 416 g/mol. The van der Waals surface area contributed by atoms with Crippen molar-refractivity contribution in [1.29, 1.82) is 0 Å². The zero-order chi connectivity index (χ0) is 21.5. The van der Waals surface area contributed by atoms with Gasteiger partial charge >= 0.3 is 5.69 Å². The van der Waals surface area contributed by atoms with Crippen LogP contribution in [-0.2, 0) is 20.6 Å². The van der Waals surface area contributed by atoms with Gasteiger partial charge in [-0.1, -0.05) is 25.1 Å².